The van der Waals surface area contributed by atoms with Gasteiger partial charge in [-0.05, 0) is 33.1 Å². The van der Waals surface area contributed by atoms with Crippen molar-refractivity contribution in [1.82, 2.24) is 9.47 Å². The van der Waals surface area contributed by atoms with Crippen LogP contribution in [0, 0.1) is 21.4 Å². The van der Waals surface area contributed by atoms with Gasteiger partial charge in [0.15, 0.2) is 0 Å². The number of hydrogen-bond donors (Lipinski definition) is 0. The number of rotatable bonds is 3. The lowest BCUT2D eigenvalue weighted by atomic mass is 9.97. The number of carbonyl (C=O) groups is 1. The highest BCUT2D eigenvalue weighted by molar-refractivity contribution is 5.77. The van der Waals surface area contributed by atoms with Crippen molar-refractivity contribution in [2.45, 2.75) is 51.7 Å². The van der Waals surface area contributed by atoms with Crippen LogP contribution in [0.25, 0.3) is 0 Å². The van der Waals surface area contributed by atoms with E-state index in [0.717, 1.165) is 36.1 Å². The third-order valence-electron chi connectivity index (χ3n) is 4.19. The lowest BCUT2D eigenvalue weighted by molar-refractivity contribution is -0.385. The molecule has 8 nitrogen and oxygen atoms in total. The quantitative estimate of drug-likeness (QED) is 0.618. The van der Waals surface area contributed by atoms with Crippen LogP contribution in [-0.2, 0) is 11.3 Å². The predicted octanol–water partition coefficient (Wildman–Crippen LogP) is 1.42. The third-order valence-corrected chi connectivity index (χ3v) is 4.19. The molecule has 0 radical (unpaired) electrons. The first-order chi connectivity index (χ1) is 10.8. The molecule has 0 saturated carbocycles. The molecular weight excluding hydrogens is 300 g/mol. The number of carbonyl (C=O) groups excluding carboxylic acids is 1. The summed E-state index contributed by atoms with van der Waals surface area (Å²) < 4.78 is 0.951. The zero-order valence-electron chi connectivity index (χ0n) is 13.1. The summed E-state index contributed by atoms with van der Waals surface area (Å²) in [6.07, 6.45) is 3.84. The largest absolute Gasteiger partial charge is 0.336 e. The molecule has 0 N–H and O–H groups in total. The molecule has 2 rings (SSSR count). The fourth-order valence-electron chi connectivity index (χ4n) is 3.06. The Labute approximate surface area is 133 Å². The van der Waals surface area contributed by atoms with Crippen molar-refractivity contribution in [1.29, 1.82) is 5.26 Å². The molecule has 1 amide bonds. The van der Waals surface area contributed by atoms with Gasteiger partial charge in [-0.25, -0.2) is 0 Å². The zero-order valence-corrected chi connectivity index (χ0v) is 13.1. The van der Waals surface area contributed by atoms with Crippen LogP contribution in [0.5, 0.6) is 0 Å². The lowest BCUT2D eigenvalue weighted by Gasteiger charge is -2.39. The van der Waals surface area contributed by atoms with Gasteiger partial charge in [-0.2, -0.15) is 5.26 Å². The highest BCUT2D eigenvalue weighted by Crippen LogP contribution is 2.23. The number of amides is 1. The summed E-state index contributed by atoms with van der Waals surface area (Å²) in [5, 5.41) is 19.8. The van der Waals surface area contributed by atoms with Crippen molar-refractivity contribution >= 4 is 11.6 Å². The molecule has 122 valence electrons. The van der Waals surface area contributed by atoms with Crippen LogP contribution >= 0.6 is 0 Å². The van der Waals surface area contributed by atoms with E-state index in [-0.39, 0.29) is 35.8 Å². The average molecular weight is 318 g/mol. The van der Waals surface area contributed by atoms with Crippen LogP contribution in [0.1, 0.15) is 38.7 Å². The molecule has 1 fully saturated rings. The van der Waals surface area contributed by atoms with E-state index < -0.39 is 10.5 Å². The highest BCUT2D eigenvalue weighted by atomic mass is 16.6. The highest BCUT2D eigenvalue weighted by Gasteiger charge is 2.29. The Balaban J connectivity index is 2.34. The number of pyridine rings is 1. The number of likely N-dealkylation sites (tertiary alicyclic amines) is 1. The molecule has 1 saturated heterocycles. The molecule has 8 heteroatoms. The van der Waals surface area contributed by atoms with Crippen LogP contribution in [0.4, 0.5) is 5.69 Å². The Hall–Kier alpha value is -2.69. The standard InChI is InChI=1S/C15H18N4O4/c1-10-4-3-5-11(2)18(10)14(20)9-17-8-13(19(22)23)6-12(7-16)15(17)21/h6,8,10-11H,3-5,9H2,1-2H3/t10-,11-/m0/s1. The molecule has 0 aliphatic carbocycles. The summed E-state index contributed by atoms with van der Waals surface area (Å²) in [4.78, 5) is 36.6. The first-order valence-corrected chi connectivity index (χ1v) is 7.45. The number of piperidine rings is 1. The van der Waals surface area contributed by atoms with Crippen molar-refractivity contribution in [2.24, 2.45) is 0 Å². The van der Waals surface area contributed by atoms with E-state index in [2.05, 4.69) is 0 Å². The fourth-order valence-corrected chi connectivity index (χ4v) is 3.06. The maximum absolute atomic E-state index is 12.5. The SMILES string of the molecule is C[C@H]1CCC[C@H](C)N1C(=O)Cn1cc([N+](=O)[O-])cc(C#N)c1=O. The smallest absolute Gasteiger partial charge is 0.287 e. The van der Waals surface area contributed by atoms with E-state index in [4.69, 9.17) is 5.26 Å². The second-order valence-electron chi connectivity index (χ2n) is 5.84. The summed E-state index contributed by atoms with van der Waals surface area (Å²) in [6.45, 7) is 3.60. The molecular formula is C15H18N4O4. The second kappa shape index (κ2) is 6.60. The van der Waals surface area contributed by atoms with E-state index in [0.29, 0.717) is 0 Å². The van der Waals surface area contributed by atoms with Gasteiger partial charge in [0.05, 0.1) is 11.1 Å². The van der Waals surface area contributed by atoms with Crippen LogP contribution in [-0.4, -0.2) is 32.4 Å². The van der Waals surface area contributed by atoms with Crippen LogP contribution < -0.4 is 5.56 Å². The number of hydrogen-bond acceptors (Lipinski definition) is 5. The third kappa shape index (κ3) is 3.39. The molecule has 0 spiro atoms. The van der Waals surface area contributed by atoms with Gasteiger partial charge in [0.2, 0.25) is 5.91 Å². The molecule has 1 aliphatic heterocycles. The Morgan fingerprint density at radius 1 is 1.43 bits per heavy atom. The molecule has 2 heterocycles. The van der Waals surface area contributed by atoms with Crippen LogP contribution in [0.3, 0.4) is 0 Å². The van der Waals surface area contributed by atoms with Gasteiger partial charge < -0.3 is 4.90 Å². The van der Waals surface area contributed by atoms with Gasteiger partial charge in [-0.15, -0.1) is 0 Å². The number of aromatic nitrogens is 1. The van der Waals surface area contributed by atoms with Gasteiger partial charge in [-0.1, -0.05) is 0 Å². The topological polar surface area (TPSA) is 109 Å². The minimum absolute atomic E-state index is 0.0658. The molecule has 23 heavy (non-hydrogen) atoms. The van der Waals surface area contributed by atoms with E-state index in [1.54, 1.807) is 11.0 Å². The fraction of sp³-hybridized carbons (Fsp3) is 0.533. The van der Waals surface area contributed by atoms with Crippen LogP contribution in [0.15, 0.2) is 17.1 Å². The monoisotopic (exact) mass is 318 g/mol. The van der Waals surface area contributed by atoms with Crippen molar-refractivity contribution in [3.63, 3.8) is 0 Å². The molecule has 1 aliphatic rings. The predicted molar refractivity (Wildman–Crippen MR) is 81.7 cm³/mol. The Kier molecular flexibility index (Phi) is 4.79. The normalized spacial score (nSPS) is 20.8. The molecule has 1 aromatic rings. The molecule has 0 unspecified atom stereocenters. The van der Waals surface area contributed by atoms with Gasteiger partial charge in [-0.3, -0.25) is 24.3 Å². The first-order valence-electron chi connectivity index (χ1n) is 7.45. The van der Waals surface area contributed by atoms with Crippen molar-refractivity contribution < 1.29 is 9.72 Å². The summed E-state index contributed by atoms with van der Waals surface area (Å²) in [5.41, 5.74) is -1.41. The Bertz CT molecular complexity index is 724. The molecule has 1 aromatic heterocycles. The minimum Gasteiger partial charge on any atom is -0.336 e. The summed E-state index contributed by atoms with van der Waals surface area (Å²) in [6, 6.07) is 2.70. The van der Waals surface area contributed by atoms with Gasteiger partial charge in [0.25, 0.3) is 11.2 Å². The van der Waals surface area contributed by atoms with E-state index in [1.165, 1.54) is 0 Å². The minimum atomic E-state index is -0.691. The summed E-state index contributed by atoms with van der Waals surface area (Å²) in [7, 11) is 0. The molecule has 0 aromatic carbocycles. The summed E-state index contributed by atoms with van der Waals surface area (Å²) in [5.74, 6) is -0.267. The number of nitrogens with zero attached hydrogens (tertiary/aromatic N) is 4. The first kappa shape index (κ1) is 16.7. The van der Waals surface area contributed by atoms with E-state index in [9.17, 15) is 19.7 Å². The lowest BCUT2D eigenvalue weighted by Crippen LogP contribution is -2.49. The maximum atomic E-state index is 12.5. The Morgan fingerprint density at radius 3 is 2.57 bits per heavy atom. The van der Waals surface area contributed by atoms with Crippen LogP contribution in [0.2, 0.25) is 0 Å². The van der Waals surface area contributed by atoms with Crippen molar-refractivity contribution in [2.75, 3.05) is 0 Å². The molecule has 0 bridgehead atoms. The van der Waals surface area contributed by atoms with Crippen molar-refractivity contribution in [3.05, 3.63) is 38.3 Å². The average Bonchev–Trinajstić information content (AvgIpc) is 2.48. The van der Waals surface area contributed by atoms with E-state index in [1.807, 2.05) is 13.8 Å². The number of nitriles is 1. The van der Waals surface area contributed by atoms with Gasteiger partial charge >= 0.3 is 0 Å². The van der Waals surface area contributed by atoms with Crippen molar-refractivity contribution in [3.8, 4) is 6.07 Å². The molecule has 2 atom stereocenters. The zero-order chi connectivity index (χ0) is 17.1. The number of nitro groups is 1. The Morgan fingerprint density at radius 2 is 2.04 bits per heavy atom. The second-order valence-corrected chi connectivity index (χ2v) is 5.84. The van der Waals surface area contributed by atoms with Gasteiger partial charge in [0, 0.05) is 18.2 Å². The van der Waals surface area contributed by atoms with Gasteiger partial charge in [0.1, 0.15) is 18.2 Å². The summed E-state index contributed by atoms with van der Waals surface area (Å²) >= 11 is 0. The van der Waals surface area contributed by atoms with E-state index >= 15 is 0 Å². The maximum Gasteiger partial charge on any atom is 0.287 e.